The van der Waals surface area contributed by atoms with E-state index in [9.17, 15) is 9.59 Å². The number of nitrogens with zero attached hydrogens (tertiary/aromatic N) is 1. The third kappa shape index (κ3) is 3.02. The molecule has 1 saturated heterocycles. The first-order chi connectivity index (χ1) is 11.1. The summed E-state index contributed by atoms with van der Waals surface area (Å²) in [5, 5.41) is 9.05. The number of carbonyl (C=O) groups excluding carboxylic acids is 1. The number of carboxylic acids is 1. The van der Waals surface area contributed by atoms with Crippen LogP contribution in [0, 0.1) is 11.8 Å². The quantitative estimate of drug-likeness (QED) is 0.898. The van der Waals surface area contributed by atoms with E-state index >= 15 is 0 Å². The molecule has 3 aliphatic rings. The standard InChI is InChI=1S/C17H19NO5.ClH/c19-16(18-4-3-11(9-18)17(20)21)13-8-12(13)10-1-2-14-15(7-10)23-6-5-22-14;/h1-2,7,11-13H,3-6,8-9H2,(H,20,21);1H. The highest BCUT2D eigenvalue weighted by Gasteiger charge is 2.47. The first-order valence-electron chi connectivity index (χ1n) is 8.04. The van der Waals surface area contributed by atoms with Crippen LogP contribution in [0.25, 0.3) is 0 Å². The summed E-state index contributed by atoms with van der Waals surface area (Å²) in [6, 6.07) is 5.87. The number of rotatable bonds is 3. The first kappa shape index (κ1) is 16.9. The zero-order valence-corrected chi connectivity index (χ0v) is 14.0. The predicted molar refractivity (Wildman–Crippen MR) is 87.9 cm³/mol. The Hall–Kier alpha value is -1.95. The SMILES string of the molecule is Cl.O=C(O)C1CCN(C(=O)C2CC2c2ccc3c(c2)OCCO3)C1. The van der Waals surface area contributed by atoms with Crippen molar-refractivity contribution in [3.8, 4) is 11.5 Å². The Balaban J connectivity index is 0.00000169. The Morgan fingerprint density at radius 1 is 1.17 bits per heavy atom. The number of halogens is 1. The number of amides is 1. The third-order valence-electron chi connectivity index (χ3n) is 4.95. The summed E-state index contributed by atoms with van der Waals surface area (Å²) >= 11 is 0. The van der Waals surface area contributed by atoms with Crippen molar-refractivity contribution >= 4 is 24.3 Å². The third-order valence-corrected chi connectivity index (χ3v) is 4.95. The predicted octanol–water partition coefficient (Wildman–Crippen LogP) is 1.92. The number of carbonyl (C=O) groups is 2. The summed E-state index contributed by atoms with van der Waals surface area (Å²) in [5.41, 5.74) is 1.10. The van der Waals surface area contributed by atoms with Gasteiger partial charge in [-0.15, -0.1) is 12.4 Å². The molecule has 1 aromatic carbocycles. The summed E-state index contributed by atoms with van der Waals surface area (Å²) in [4.78, 5) is 25.2. The van der Waals surface area contributed by atoms with Gasteiger partial charge >= 0.3 is 5.97 Å². The molecule has 3 atom stereocenters. The second-order valence-electron chi connectivity index (χ2n) is 6.46. The molecule has 3 unspecified atom stereocenters. The van der Waals surface area contributed by atoms with Gasteiger partial charge in [0.25, 0.3) is 0 Å². The van der Waals surface area contributed by atoms with Crippen LogP contribution in [-0.2, 0) is 9.59 Å². The number of hydrogen-bond donors (Lipinski definition) is 1. The van der Waals surface area contributed by atoms with E-state index < -0.39 is 11.9 Å². The monoisotopic (exact) mass is 353 g/mol. The molecule has 0 aromatic heterocycles. The van der Waals surface area contributed by atoms with E-state index in [1.165, 1.54) is 0 Å². The fourth-order valence-electron chi connectivity index (χ4n) is 3.52. The Morgan fingerprint density at radius 3 is 2.62 bits per heavy atom. The topological polar surface area (TPSA) is 76.1 Å². The van der Waals surface area contributed by atoms with Crippen LogP contribution in [0.3, 0.4) is 0 Å². The molecule has 1 aliphatic carbocycles. The highest BCUT2D eigenvalue weighted by atomic mass is 35.5. The van der Waals surface area contributed by atoms with Crippen molar-refractivity contribution in [2.45, 2.75) is 18.8 Å². The maximum atomic E-state index is 12.5. The lowest BCUT2D eigenvalue weighted by Gasteiger charge is -2.19. The molecule has 2 aliphatic heterocycles. The first-order valence-corrected chi connectivity index (χ1v) is 8.04. The minimum Gasteiger partial charge on any atom is -0.486 e. The minimum atomic E-state index is -0.806. The van der Waals surface area contributed by atoms with Crippen LogP contribution in [-0.4, -0.2) is 48.2 Å². The zero-order chi connectivity index (χ0) is 16.0. The lowest BCUT2D eigenvalue weighted by atomic mass is 10.1. The number of hydrogen-bond acceptors (Lipinski definition) is 4. The molecule has 2 fully saturated rings. The maximum absolute atomic E-state index is 12.5. The van der Waals surface area contributed by atoms with Gasteiger partial charge in [0, 0.05) is 19.0 Å². The largest absolute Gasteiger partial charge is 0.486 e. The van der Waals surface area contributed by atoms with Crippen molar-refractivity contribution in [1.29, 1.82) is 0 Å². The Bertz CT molecular complexity index is 664. The molecule has 0 radical (unpaired) electrons. The summed E-state index contributed by atoms with van der Waals surface area (Å²) < 4.78 is 11.1. The van der Waals surface area contributed by atoms with Crippen molar-refractivity contribution in [3.63, 3.8) is 0 Å². The number of fused-ring (bicyclic) bond motifs is 1. The van der Waals surface area contributed by atoms with Crippen molar-refractivity contribution in [3.05, 3.63) is 23.8 Å². The van der Waals surface area contributed by atoms with Crippen LogP contribution in [0.2, 0.25) is 0 Å². The molecule has 7 heteroatoms. The highest BCUT2D eigenvalue weighted by molar-refractivity contribution is 5.85. The van der Waals surface area contributed by atoms with E-state index in [0.717, 1.165) is 23.5 Å². The average Bonchev–Trinajstić information content (AvgIpc) is 3.21. The smallest absolute Gasteiger partial charge is 0.308 e. The molecule has 130 valence electrons. The lowest BCUT2D eigenvalue weighted by molar-refractivity contribution is -0.141. The number of likely N-dealkylation sites (tertiary alicyclic amines) is 1. The lowest BCUT2D eigenvalue weighted by Crippen LogP contribution is -2.31. The second kappa shape index (κ2) is 6.51. The summed E-state index contributed by atoms with van der Waals surface area (Å²) in [6.45, 7) is 2.02. The van der Waals surface area contributed by atoms with Crippen molar-refractivity contribution in [2.75, 3.05) is 26.3 Å². The number of carboxylic acid groups (broad SMARTS) is 1. The summed E-state index contributed by atoms with van der Waals surface area (Å²) in [6.07, 6.45) is 1.38. The molecule has 1 saturated carbocycles. The Kier molecular flexibility index (Phi) is 4.58. The summed E-state index contributed by atoms with van der Waals surface area (Å²) in [7, 11) is 0. The molecule has 2 heterocycles. The molecule has 4 rings (SSSR count). The molecule has 6 nitrogen and oxygen atoms in total. The van der Waals surface area contributed by atoms with E-state index in [1.54, 1.807) is 4.90 Å². The van der Waals surface area contributed by atoms with Crippen molar-refractivity contribution < 1.29 is 24.2 Å². The second-order valence-corrected chi connectivity index (χ2v) is 6.46. The van der Waals surface area contributed by atoms with Crippen LogP contribution in [0.4, 0.5) is 0 Å². The number of aliphatic carboxylic acids is 1. The van der Waals surface area contributed by atoms with E-state index in [1.807, 2.05) is 18.2 Å². The minimum absolute atomic E-state index is 0. The van der Waals surface area contributed by atoms with Gasteiger partial charge in [-0.2, -0.15) is 0 Å². The van der Waals surface area contributed by atoms with E-state index in [0.29, 0.717) is 32.7 Å². The highest BCUT2D eigenvalue weighted by Crippen LogP contribution is 2.50. The van der Waals surface area contributed by atoms with Crippen molar-refractivity contribution in [2.24, 2.45) is 11.8 Å². The molecule has 0 bridgehead atoms. The van der Waals surface area contributed by atoms with Gasteiger partial charge in [-0.25, -0.2) is 0 Å². The van der Waals surface area contributed by atoms with Gasteiger partial charge < -0.3 is 19.5 Å². The fourth-order valence-corrected chi connectivity index (χ4v) is 3.52. The van der Waals surface area contributed by atoms with Crippen LogP contribution < -0.4 is 9.47 Å². The maximum Gasteiger partial charge on any atom is 0.308 e. The van der Waals surface area contributed by atoms with Crippen LogP contribution >= 0.6 is 12.4 Å². The van der Waals surface area contributed by atoms with Gasteiger partial charge in [-0.05, 0) is 36.5 Å². The van der Waals surface area contributed by atoms with Crippen LogP contribution in [0.5, 0.6) is 11.5 Å². The van der Waals surface area contributed by atoms with Gasteiger partial charge in [-0.3, -0.25) is 9.59 Å². The van der Waals surface area contributed by atoms with Gasteiger partial charge in [0.2, 0.25) is 5.91 Å². The van der Waals surface area contributed by atoms with E-state index in [4.69, 9.17) is 14.6 Å². The molecular formula is C17H20ClNO5. The van der Waals surface area contributed by atoms with Gasteiger partial charge in [0.15, 0.2) is 11.5 Å². The molecule has 1 amide bonds. The van der Waals surface area contributed by atoms with Gasteiger partial charge in [0.05, 0.1) is 5.92 Å². The number of ether oxygens (including phenoxy) is 2. The van der Waals surface area contributed by atoms with Gasteiger partial charge in [-0.1, -0.05) is 6.07 Å². The van der Waals surface area contributed by atoms with E-state index in [-0.39, 0.29) is 30.2 Å². The Labute approximate surface area is 146 Å². The van der Waals surface area contributed by atoms with Gasteiger partial charge in [0.1, 0.15) is 13.2 Å². The van der Waals surface area contributed by atoms with E-state index in [2.05, 4.69) is 0 Å². The molecule has 0 spiro atoms. The molecular weight excluding hydrogens is 334 g/mol. The zero-order valence-electron chi connectivity index (χ0n) is 13.1. The summed E-state index contributed by atoms with van der Waals surface area (Å²) in [5.74, 6) is 0.567. The van der Waals surface area contributed by atoms with Crippen LogP contribution in [0.15, 0.2) is 18.2 Å². The number of benzene rings is 1. The van der Waals surface area contributed by atoms with Crippen molar-refractivity contribution in [1.82, 2.24) is 4.90 Å². The molecule has 1 N–H and O–H groups in total. The Morgan fingerprint density at radius 2 is 1.92 bits per heavy atom. The van der Waals surface area contributed by atoms with Crippen LogP contribution in [0.1, 0.15) is 24.3 Å². The normalized spacial score (nSPS) is 27.3. The fraction of sp³-hybridized carbons (Fsp3) is 0.529. The molecule has 1 aromatic rings. The molecule has 24 heavy (non-hydrogen) atoms. The average molecular weight is 354 g/mol.